The zero-order valence-corrected chi connectivity index (χ0v) is 64.3. The van der Waals surface area contributed by atoms with Crippen LogP contribution in [0.1, 0.15) is 55.9 Å². The van der Waals surface area contributed by atoms with Gasteiger partial charge in [-0.05, 0) is 80.6 Å². The van der Waals surface area contributed by atoms with Crippen molar-refractivity contribution in [3.8, 4) is 44.8 Å². The third-order valence-corrected chi connectivity index (χ3v) is 24.8. The first-order valence-corrected chi connectivity index (χ1v) is 50.1. The molecule has 18 nitrogen and oxygen atoms in total. The highest BCUT2D eigenvalue weighted by Gasteiger charge is 2.30. The van der Waals surface area contributed by atoms with Crippen molar-refractivity contribution >= 4 is 61.3 Å². The number of hydrogen-bond donors (Lipinski definition) is 1. The molecule has 9 aromatic rings. The lowest BCUT2D eigenvalue weighted by atomic mass is 9.93. The molecule has 0 unspecified atom stereocenters. The molecular weight excluding hydrogens is 1290 g/mol. The molecule has 2 saturated heterocycles. The van der Waals surface area contributed by atoms with Crippen molar-refractivity contribution in [3.63, 3.8) is 0 Å². The van der Waals surface area contributed by atoms with Crippen LogP contribution in [-0.4, -0.2) is 162 Å². The molecule has 98 heavy (non-hydrogen) atoms. The summed E-state index contributed by atoms with van der Waals surface area (Å²) in [5.41, 5.74) is 12.5. The van der Waals surface area contributed by atoms with Gasteiger partial charge in [0, 0.05) is 154 Å². The smallest absolute Gasteiger partial charge is 0.410 e. The maximum absolute atomic E-state index is 13.0. The van der Waals surface area contributed by atoms with Crippen LogP contribution in [0.15, 0.2) is 152 Å². The number of hydrogen-bond acceptors (Lipinski definition) is 15. The third-order valence-electron chi connectivity index (χ3n) is 18.0. The van der Waals surface area contributed by atoms with E-state index in [0.29, 0.717) is 59.1 Å². The van der Waals surface area contributed by atoms with Crippen LogP contribution in [0.25, 0.3) is 56.1 Å². The minimum absolute atomic E-state index is 0. The van der Waals surface area contributed by atoms with Gasteiger partial charge in [-0.1, -0.05) is 182 Å². The highest BCUT2D eigenvalue weighted by atomic mass is 28.3. The molecule has 0 radical (unpaired) electrons. The first-order chi connectivity index (χ1) is 47.0. The Morgan fingerprint density at radius 3 is 1.22 bits per heavy atom. The number of carbonyl (C=O) groups excluding carboxylic acids is 1. The van der Waals surface area contributed by atoms with Gasteiger partial charge in [0.2, 0.25) is 0 Å². The van der Waals surface area contributed by atoms with E-state index in [4.69, 9.17) is 53.8 Å². The number of nitrogens with one attached hydrogen (secondary N) is 1. The lowest BCUT2D eigenvalue weighted by Crippen LogP contribution is -2.38. The normalized spacial score (nSPS) is 14.4. The number of fused-ring (bicyclic) bond motifs is 2. The molecule has 22 heteroatoms. The van der Waals surface area contributed by atoms with Crippen molar-refractivity contribution < 1.29 is 29.9 Å². The number of aromatic nitrogens is 8. The van der Waals surface area contributed by atoms with Gasteiger partial charge >= 0.3 is 6.09 Å². The third kappa shape index (κ3) is 21.6. The van der Waals surface area contributed by atoms with Crippen molar-refractivity contribution in [1.29, 1.82) is 0 Å². The van der Waals surface area contributed by atoms with Crippen molar-refractivity contribution in [1.82, 2.24) is 49.4 Å². The second-order valence-electron chi connectivity index (χ2n) is 31.1. The highest BCUT2D eigenvalue weighted by Crippen LogP contribution is 2.36. The minimum atomic E-state index is -1.27. The Bertz CT molecular complexity index is 3890. The molecule has 2 aliphatic rings. The van der Waals surface area contributed by atoms with E-state index in [1.54, 1.807) is 0 Å². The predicted octanol–water partition coefficient (Wildman–Crippen LogP) is 17.0. The molecule has 11 rings (SSSR count). The summed E-state index contributed by atoms with van der Waals surface area (Å²) in [7, 11) is -4.96. The van der Waals surface area contributed by atoms with Crippen molar-refractivity contribution in [2.75, 3.05) is 89.3 Å². The van der Waals surface area contributed by atoms with E-state index in [-0.39, 0.29) is 20.0 Å². The second-order valence-corrected chi connectivity index (χ2v) is 53.5. The van der Waals surface area contributed by atoms with Crippen LogP contribution in [0.5, 0.6) is 0 Å². The molecule has 1 amide bonds. The number of likely N-dealkylation sites (tertiary alicyclic amines) is 1. The van der Waals surface area contributed by atoms with Crippen molar-refractivity contribution in [2.24, 2.45) is 0 Å². The van der Waals surface area contributed by atoms with Crippen LogP contribution < -0.4 is 15.1 Å². The number of pyridine rings is 2. The van der Waals surface area contributed by atoms with Gasteiger partial charge in [-0.3, -0.25) is 9.97 Å². The molecule has 0 spiro atoms. The van der Waals surface area contributed by atoms with E-state index in [2.05, 4.69) is 154 Å². The molecule has 2 aliphatic heterocycles. The first-order valence-electron chi connectivity index (χ1n) is 35.3. The number of ether oxygens (including phenoxy) is 5. The fourth-order valence-corrected chi connectivity index (χ4v) is 14.7. The standard InChI is InChI=1S/C42H56N6O4Si2.C34H50N6O2Si2.H2/c1-53(2,3)25-23-50-31-47(32-51-24-26-54(4,5)6)40-27-39(35-19-21-46(22-20-35)42(49)52-30-33-13-9-7-10-14-33)45-41-37(29-44-48(40)41)36-17-18-38(43-28-36)34-15-11-8-12-16-34;1-43(2,3)20-18-41-25-39(26-42-19-21-44(4,5)6)33-22-32(28-14-16-35-17-15-28)38-34-30(24-37-40(33)34)29-12-13-31(36-23-29)27-10-8-7-9-11-27;/h7-18,27-29,35H,19-26,30-32H2,1-6H3;7-13,22-24,28,35H,14-21,25-26H2,1-6H3;1H. The van der Waals surface area contributed by atoms with Gasteiger partial charge in [0.15, 0.2) is 11.3 Å². The molecule has 0 bridgehead atoms. The fourth-order valence-electron chi connectivity index (χ4n) is 11.7. The lowest BCUT2D eigenvalue weighted by molar-refractivity contribution is 0.0867. The number of rotatable bonds is 30. The molecule has 1 N–H and O–H groups in total. The topological polar surface area (TPSA) is 171 Å². The molecule has 6 aromatic heterocycles. The summed E-state index contributed by atoms with van der Waals surface area (Å²) in [6.45, 7) is 36.6. The number of piperidine rings is 2. The first kappa shape index (κ1) is 73.5. The molecule has 0 saturated carbocycles. The molecule has 0 atom stereocenters. The van der Waals surface area contributed by atoms with E-state index in [0.717, 1.165) is 161 Å². The number of carbonyl (C=O) groups is 1. The van der Waals surface area contributed by atoms with Gasteiger partial charge in [-0.15, -0.1) is 0 Å². The molecule has 8 heterocycles. The van der Waals surface area contributed by atoms with Gasteiger partial charge in [0.1, 0.15) is 45.2 Å². The van der Waals surface area contributed by atoms with E-state index in [1.807, 2.05) is 105 Å². The minimum Gasteiger partial charge on any atom is -0.445 e. The predicted molar refractivity (Wildman–Crippen MR) is 411 cm³/mol. The average Bonchev–Trinajstić information content (AvgIpc) is 1.64. The number of amides is 1. The van der Waals surface area contributed by atoms with Crippen LogP contribution in [-0.2, 0) is 30.3 Å². The summed E-state index contributed by atoms with van der Waals surface area (Å²) in [4.78, 5) is 39.4. The number of anilines is 2. The Kier molecular flexibility index (Phi) is 25.6. The van der Waals surface area contributed by atoms with E-state index in [1.165, 1.54) is 0 Å². The Balaban J connectivity index is 0.000000234. The molecule has 0 aliphatic carbocycles. The van der Waals surface area contributed by atoms with Crippen LogP contribution in [0.4, 0.5) is 16.4 Å². The Morgan fingerprint density at radius 1 is 0.480 bits per heavy atom. The molecule has 524 valence electrons. The van der Waals surface area contributed by atoms with E-state index >= 15 is 0 Å². The monoisotopic (exact) mass is 1400 g/mol. The highest BCUT2D eigenvalue weighted by molar-refractivity contribution is 6.77. The SMILES string of the molecule is C[Si](C)(C)CCOCN(COCC[Si](C)(C)C)c1cc(C2CCN(C(=O)OCc3ccccc3)CC2)nc2c(-c3ccc(-c4ccccc4)nc3)cnn12.C[Si](C)(C)CCOCN(COCC[Si](C)(C)C)c1cc(C2CCNCC2)nc2c(-c3ccc(-c4ccccc4)nc3)cnn12.[HH]. The summed E-state index contributed by atoms with van der Waals surface area (Å²) in [6, 6.07) is 47.4. The van der Waals surface area contributed by atoms with Crippen molar-refractivity contribution in [3.05, 3.63) is 169 Å². The van der Waals surface area contributed by atoms with Gasteiger partial charge in [-0.2, -0.15) is 19.2 Å². The molecular formula is C76H108N12O6Si4. The summed E-state index contributed by atoms with van der Waals surface area (Å²) < 4.78 is 34.9. The van der Waals surface area contributed by atoms with Gasteiger partial charge in [0.05, 0.1) is 23.8 Å². The summed E-state index contributed by atoms with van der Waals surface area (Å²) in [6.07, 6.45) is 11.1. The zero-order chi connectivity index (χ0) is 69.3. The van der Waals surface area contributed by atoms with Gasteiger partial charge in [-0.25, -0.2) is 14.8 Å². The fraction of sp³-hybridized carbons (Fsp3) is 0.461. The summed E-state index contributed by atoms with van der Waals surface area (Å²) >= 11 is 0. The maximum atomic E-state index is 13.0. The van der Waals surface area contributed by atoms with E-state index < -0.39 is 32.3 Å². The van der Waals surface area contributed by atoms with Gasteiger partial charge in [0.25, 0.3) is 0 Å². The Hall–Kier alpha value is -7.26. The number of benzene rings is 3. The Morgan fingerprint density at radius 2 is 0.857 bits per heavy atom. The van der Waals surface area contributed by atoms with Crippen LogP contribution in [0.2, 0.25) is 103 Å². The average molecular weight is 1400 g/mol. The second kappa shape index (κ2) is 34.2. The molecule has 3 aromatic carbocycles. The van der Waals surface area contributed by atoms with Gasteiger partial charge < -0.3 is 43.7 Å². The Labute approximate surface area is 587 Å². The summed E-state index contributed by atoms with van der Waals surface area (Å²) in [5, 5.41) is 13.3. The van der Waals surface area contributed by atoms with Crippen LogP contribution >= 0.6 is 0 Å². The van der Waals surface area contributed by atoms with E-state index in [9.17, 15) is 4.79 Å². The summed E-state index contributed by atoms with van der Waals surface area (Å²) in [5.74, 6) is 2.38. The van der Waals surface area contributed by atoms with Crippen LogP contribution in [0, 0.1) is 0 Å². The van der Waals surface area contributed by atoms with Crippen LogP contribution in [0.3, 0.4) is 0 Å². The lowest BCUT2D eigenvalue weighted by Gasteiger charge is -2.32. The zero-order valence-electron chi connectivity index (χ0n) is 60.3. The molecule has 2 fully saturated rings. The maximum Gasteiger partial charge on any atom is 0.410 e. The van der Waals surface area contributed by atoms with Crippen molar-refractivity contribution in [2.45, 2.75) is 147 Å². The largest absolute Gasteiger partial charge is 0.445 e. The quantitative estimate of drug-likeness (QED) is 0.0256. The number of nitrogens with zero attached hydrogens (tertiary/aromatic N) is 11.